The molecule has 0 fully saturated rings. The van der Waals surface area contributed by atoms with Gasteiger partial charge in [0.25, 0.3) is 0 Å². The van der Waals surface area contributed by atoms with E-state index in [9.17, 15) is 39.6 Å². The number of phenolic OH excluding ortho intramolecular Hbond substituents is 2. The summed E-state index contributed by atoms with van der Waals surface area (Å²) < 4.78 is 0. The van der Waals surface area contributed by atoms with Gasteiger partial charge >= 0.3 is 0 Å². The number of hydrogen-bond acceptors (Lipinski definition) is 8. The number of benzene rings is 2. The summed E-state index contributed by atoms with van der Waals surface area (Å²) in [6.45, 7) is 0. The largest absolute Gasteiger partial charge is 0.507 e. The third-order valence-corrected chi connectivity index (χ3v) is 4.93. The van der Waals surface area contributed by atoms with E-state index in [0.29, 0.717) is 0 Å². The van der Waals surface area contributed by atoms with Gasteiger partial charge < -0.3 is 20.4 Å². The summed E-state index contributed by atoms with van der Waals surface area (Å²) in [5.41, 5.74) is -2.06. The number of Topliss-reactive ketones (excluding diaryl/α,β-unsaturated/α-hetero) is 4. The van der Waals surface area contributed by atoms with E-state index in [1.807, 2.05) is 0 Å². The average Bonchev–Trinajstić information content (AvgIpc) is 2.69. The summed E-state index contributed by atoms with van der Waals surface area (Å²) >= 11 is 0. The van der Waals surface area contributed by atoms with Crippen molar-refractivity contribution in [1.82, 2.24) is 0 Å². The van der Waals surface area contributed by atoms with Crippen LogP contribution in [-0.2, 0) is 9.59 Å². The molecule has 0 atom stereocenters. The zero-order valence-electron chi connectivity index (χ0n) is 14.6. The number of aliphatic hydroxyl groups is 2. The van der Waals surface area contributed by atoms with Crippen molar-refractivity contribution in [1.29, 1.82) is 0 Å². The van der Waals surface area contributed by atoms with Gasteiger partial charge in [-0.3, -0.25) is 19.2 Å². The number of allylic oxidation sites excluding steroid dienone is 2. The van der Waals surface area contributed by atoms with Gasteiger partial charge in [-0.1, -0.05) is 12.1 Å². The Morgan fingerprint density at radius 2 is 0.931 bits per heavy atom. The Hall–Kier alpha value is -4.20. The van der Waals surface area contributed by atoms with Crippen LogP contribution in [0.25, 0.3) is 11.5 Å². The molecule has 0 aliphatic heterocycles. The van der Waals surface area contributed by atoms with Crippen LogP contribution in [0.4, 0.5) is 0 Å². The second kappa shape index (κ2) is 6.16. The van der Waals surface area contributed by atoms with E-state index < -0.39 is 63.7 Å². The summed E-state index contributed by atoms with van der Waals surface area (Å²) in [6, 6.07) is 7.57. The Kier molecular flexibility index (Phi) is 3.86. The standard InChI is InChI=1S/C21H12O8/c22-12-5-1-3-8-14(12)16(24)10(20(28)18(8)26)7-11-17(25)15-9(19(27)21(11)29)4-2-6-13(15)23/h1-6,22-25H,7H2. The number of ketones is 4. The number of aromatic hydroxyl groups is 2. The minimum absolute atomic E-state index is 0.205. The number of carbonyl (C=O) groups is 4. The number of carbonyl (C=O) groups excluding carboxylic acids is 4. The topological polar surface area (TPSA) is 149 Å². The van der Waals surface area contributed by atoms with Crippen molar-refractivity contribution in [3.05, 3.63) is 69.8 Å². The van der Waals surface area contributed by atoms with E-state index in [0.717, 1.165) is 0 Å². The molecule has 0 radical (unpaired) electrons. The SMILES string of the molecule is O=C1C(=O)c2cccc(O)c2C(O)=C1CC1=C(O)c2c(O)cccc2C(=O)C1=O. The van der Waals surface area contributed by atoms with Crippen LogP contribution in [0.3, 0.4) is 0 Å². The van der Waals surface area contributed by atoms with Crippen molar-refractivity contribution in [2.75, 3.05) is 0 Å². The molecular formula is C21H12O8. The molecule has 0 unspecified atom stereocenters. The number of aliphatic hydroxyl groups excluding tert-OH is 2. The lowest BCUT2D eigenvalue weighted by Gasteiger charge is -2.22. The second-order valence-electron chi connectivity index (χ2n) is 6.55. The van der Waals surface area contributed by atoms with Gasteiger partial charge in [0.1, 0.15) is 23.0 Å². The van der Waals surface area contributed by atoms with Crippen LogP contribution in [0, 0.1) is 0 Å². The molecule has 0 amide bonds. The van der Waals surface area contributed by atoms with E-state index >= 15 is 0 Å². The smallest absolute Gasteiger partial charge is 0.234 e. The van der Waals surface area contributed by atoms with Gasteiger partial charge in [0, 0.05) is 17.5 Å². The predicted molar refractivity (Wildman–Crippen MR) is 98.6 cm³/mol. The highest BCUT2D eigenvalue weighted by Crippen LogP contribution is 2.40. The fourth-order valence-corrected chi connectivity index (χ4v) is 3.50. The van der Waals surface area contributed by atoms with Gasteiger partial charge in [-0.25, -0.2) is 0 Å². The fourth-order valence-electron chi connectivity index (χ4n) is 3.50. The molecular weight excluding hydrogens is 380 g/mol. The maximum absolute atomic E-state index is 12.5. The molecule has 4 N–H and O–H groups in total. The number of hydrogen-bond donors (Lipinski definition) is 4. The lowest BCUT2D eigenvalue weighted by molar-refractivity contribution is -0.112. The molecule has 8 nitrogen and oxygen atoms in total. The van der Waals surface area contributed by atoms with Gasteiger partial charge in [-0.15, -0.1) is 0 Å². The molecule has 0 heterocycles. The van der Waals surface area contributed by atoms with Crippen LogP contribution in [0.1, 0.15) is 38.3 Å². The highest BCUT2D eigenvalue weighted by Gasteiger charge is 2.39. The molecule has 0 spiro atoms. The third-order valence-electron chi connectivity index (χ3n) is 4.93. The monoisotopic (exact) mass is 392 g/mol. The Labute approximate surface area is 162 Å². The Bertz CT molecular complexity index is 1130. The van der Waals surface area contributed by atoms with Crippen LogP contribution in [0.5, 0.6) is 11.5 Å². The Morgan fingerprint density at radius 3 is 1.31 bits per heavy atom. The molecule has 29 heavy (non-hydrogen) atoms. The fraction of sp³-hybridized carbons (Fsp3) is 0.0476. The maximum Gasteiger partial charge on any atom is 0.234 e. The molecule has 2 aliphatic carbocycles. The molecule has 8 heteroatoms. The number of fused-ring (bicyclic) bond motifs is 2. The Morgan fingerprint density at radius 1 is 0.552 bits per heavy atom. The van der Waals surface area contributed by atoms with Crippen molar-refractivity contribution >= 4 is 34.7 Å². The van der Waals surface area contributed by atoms with Crippen LogP contribution in [-0.4, -0.2) is 43.6 Å². The van der Waals surface area contributed by atoms with Gasteiger partial charge in [0.05, 0.1) is 22.3 Å². The molecule has 0 aromatic heterocycles. The lowest BCUT2D eigenvalue weighted by atomic mass is 9.81. The first-order valence-corrected chi connectivity index (χ1v) is 8.41. The van der Waals surface area contributed by atoms with Gasteiger partial charge in [-0.05, 0) is 24.3 Å². The maximum atomic E-state index is 12.5. The van der Waals surface area contributed by atoms with Crippen LogP contribution in [0.15, 0.2) is 47.5 Å². The number of rotatable bonds is 2. The van der Waals surface area contributed by atoms with Crippen LogP contribution >= 0.6 is 0 Å². The van der Waals surface area contributed by atoms with Crippen LogP contribution < -0.4 is 0 Å². The molecule has 2 aromatic rings. The summed E-state index contributed by atoms with van der Waals surface area (Å²) in [4.78, 5) is 49.7. The second-order valence-corrected chi connectivity index (χ2v) is 6.55. The zero-order chi connectivity index (χ0) is 21.0. The first kappa shape index (κ1) is 18.2. The predicted octanol–water partition coefficient (Wildman–Crippen LogP) is 2.26. The lowest BCUT2D eigenvalue weighted by Crippen LogP contribution is -2.28. The number of phenols is 2. The first-order valence-electron chi connectivity index (χ1n) is 8.41. The van der Waals surface area contributed by atoms with Gasteiger partial charge in [0.2, 0.25) is 23.1 Å². The minimum atomic E-state index is -1.13. The van der Waals surface area contributed by atoms with Crippen molar-refractivity contribution in [3.63, 3.8) is 0 Å². The Balaban J connectivity index is 1.91. The molecule has 0 bridgehead atoms. The zero-order valence-corrected chi connectivity index (χ0v) is 14.6. The van der Waals surface area contributed by atoms with Gasteiger partial charge in [-0.2, -0.15) is 0 Å². The quantitative estimate of drug-likeness (QED) is 0.569. The van der Waals surface area contributed by atoms with Crippen molar-refractivity contribution in [2.45, 2.75) is 6.42 Å². The summed E-state index contributed by atoms with van der Waals surface area (Å²) in [7, 11) is 0. The molecule has 0 saturated heterocycles. The van der Waals surface area contributed by atoms with Crippen molar-refractivity contribution in [3.8, 4) is 11.5 Å². The highest BCUT2D eigenvalue weighted by molar-refractivity contribution is 6.54. The van der Waals surface area contributed by atoms with E-state index in [1.165, 1.54) is 36.4 Å². The van der Waals surface area contributed by atoms with E-state index in [-0.39, 0.29) is 22.3 Å². The summed E-state index contributed by atoms with van der Waals surface area (Å²) in [5.74, 6) is -6.66. The minimum Gasteiger partial charge on any atom is -0.507 e. The van der Waals surface area contributed by atoms with E-state index in [1.54, 1.807) is 0 Å². The molecule has 2 aliphatic rings. The van der Waals surface area contributed by atoms with Gasteiger partial charge in [0.15, 0.2) is 0 Å². The van der Waals surface area contributed by atoms with Crippen molar-refractivity contribution in [2.24, 2.45) is 0 Å². The first-order chi connectivity index (χ1) is 13.7. The highest BCUT2D eigenvalue weighted by atomic mass is 16.3. The third kappa shape index (κ3) is 2.46. The van der Waals surface area contributed by atoms with E-state index in [4.69, 9.17) is 0 Å². The molecule has 0 saturated carbocycles. The molecule has 144 valence electrons. The van der Waals surface area contributed by atoms with Crippen molar-refractivity contribution < 1.29 is 39.6 Å². The summed E-state index contributed by atoms with van der Waals surface area (Å²) in [5, 5.41) is 41.0. The average molecular weight is 392 g/mol. The van der Waals surface area contributed by atoms with Crippen LogP contribution in [0.2, 0.25) is 0 Å². The molecule has 2 aromatic carbocycles. The van der Waals surface area contributed by atoms with E-state index in [2.05, 4.69) is 0 Å². The molecule has 4 rings (SSSR count). The summed E-state index contributed by atoms with van der Waals surface area (Å²) in [6.07, 6.45) is -0.742. The normalized spacial score (nSPS) is 16.3.